The molecule has 1 rings (SSSR count). The Kier molecular flexibility index (Phi) is 4.49. The lowest BCUT2D eigenvalue weighted by Gasteiger charge is -2.08. The number of nitrogens with zero attached hydrogens (tertiary/aromatic N) is 2. The van der Waals surface area contributed by atoms with Crippen LogP contribution in [0.1, 0.15) is 31.3 Å². The third-order valence-corrected chi connectivity index (χ3v) is 2.11. The van der Waals surface area contributed by atoms with Gasteiger partial charge in [0.25, 0.3) is 0 Å². The van der Waals surface area contributed by atoms with Crippen molar-refractivity contribution < 1.29 is 0 Å². The molecule has 0 aliphatic carbocycles. The van der Waals surface area contributed by atoms with E-state index in [1.54, 1.807) is 0 Å². The Balaban J connectivity index is 2.37. The molecule has 3 N–H and O–H groups in total. The summed E-state index contributed by atoms with van der Waals surface area (Å²) in [5.41, 5.74) is 6.66. The second kappa shape index (κ2) is 5.66. The molecule has 0 fully saturated rings. The Morgan fingerprint density at radius 2 is 2.13 bits per heavy atom. The minimum Gasteiger partial charge on any atom is -0.370 e. The first-order valence-corrected chi connectivity index (χ1v) is 5.39. The summed E-state index contributed by atoms with van der Waals surface area (Å²) in [5, 5.41) is 3.28. The Hall–Kier alpha value is -1.16. The van der Waals surface area contributed by atoms with E-state index < -0.39 is 0 Å². The monoisotopic (exact) mass is 208 g/mol. The Morgan fingerprint density at radius 3 is 2.73 bits per heavy atom. The summed E-state index contributed by atoms with van der Waals surface area (Å²) in [5.74, 6) is 1.72. The van der Waals surface area contributed by atoms with Crippen LogP contribution in [-0.4, -0.2) is 22.6 Å². The summed E-state index contributed by atoms with van der Waals surface area (Å²) in [6.45, 7) is 6.82. The molecule has 4 nitrogen and oxygen atoms in total. The maximum Gasteiger partial charge on any atom is 0.129 e. The van der Waals surface area contributed by atoms with E-state index in [2.05, 4.69) is 15.3 Å². The van der Waals surface area contributed by atoms with Crippen LogP contribution in [0, 0.1) is 13.8 Å². The fraction of sp³-hybridized carbons (Fsp3) is 0.636. The molecule has 1 aromatic heterocycles. The molecule has 0 radical (unpaired) electrons. The highest BCUT2D eigenvalue weighted by atomic mass is 15.0. The fourth-order valence-electron chi connectivity index (χ4n) is 1.45. The summed E-state index contributed by atoms with van der Waals surface area (Å²) in [7, 11) is 0. The van der Waals surface area contributed by atoms with Crippen LogP contribution in [0.15, 0.2) is 6.07 Å². The zero-order valence-corrected chi connectivity index (χ0v) is 9.75. The van der Waals surface area contributed by atoms with E-state index in [0.717, 1.165) is 36.7 Å². The van der Waals surface area contributed by atoms with Gasteiger partial charge < -0.3 is 11.1 Å². The molecule has 1 atom stereocenters. The minimum atomic E-state index is 0.278. The molecule has 0 saturated carbocycles. The summed E-state index contributed by atoms with van der Waals surface area (Å²) in [4.78, 5) is 8.52. The lowest BCUT2D eigenvalue weighted by atomic mass is 10.2. The van der Waals surface area contributed by atoms with Crippen molar-refractivity contribution in [1.82, 2.24) is 9.97 Å². The van der Waals surface area contributed by atoms with Crippen LogP contribution >= 0.6 is 0 Å². The minimum absolute atomic E-state index is 0.278. The van der Waals surface area contributed by atoms with Gasteiger partial charge in [0.1, 0.15) is 11.6 Å². The maximum absolute atomic E-state index is 5.67. The molecule has 0 spiro atoms. The Labute approximate surface area is 91.3 Å². The zero-order chi connectivity index (χ0) is 11.3. The summed E-state index contributed by atoms with van der Waals surface area (Å²) in [6.07, 6.45) is 2.11. The molecule has 1 aromatic rings. The third kappa shape index (κ3) is 4.74. The first-order valence-electron chi connectivity index (χ1n) is 5.39. The Bertz CT molecular complexity index is 289. The number of hydrogen-bond donors (Lipinski definition) is 2. The molecule has 0 aromatic carbocycles. The average Bonchev–Trinajstić information content (AvgIpc) is 2.10. The van der Waals surface area contributed by atoms with E-state index in [1.165, 1.54) is 0 Å². The van der Waals surface area contributed by atoms with Gasteiger partial charge in [-0.2, -0.15) is 0 Å². The van der Waals surface area contributed by atoms with Gasteiger partial charge in [0, 0.05) is 24.3 Å². The number of aromatic nitrogens is 2. The van der Waals surface area contributed by atoms with Gasteiger partial charge in [-0.05, 0) is 33.6 Å². The van der Waals surface area contributed by atoms with Crippen LogP contribution in [0.5, 0.6) is 0 Å². The summed E-state index contributed by atoms with van der Waals surface area (Å²) >= 11 is 0. The van der Waals surface area contributed by atoms with Gasteiger partial charge in [-0.25, -0.2) is 9.97 Å². The quantitative estimate of drug-likeness (QED) is 0.722. The number of hydrogen-bond acceptors (Lipinski definition) is 4. The molecule has 0 amide bonds. The SMILES string of the molecule is Cc1cc(NCCCC(C)N)nc(C)n1. The molecular weight excluding hydrogens is 188 g/mol. The van der Waals surface area contributed by atoms with Crippen molar-refractivity contribution in [1.29, 1.82) is 0 Å². The summed E-state index contributed by atoms with van der Waals surface area (Å²) in [6, 6.07) is 2.24. The highest BCUT2D eigenvalue weighted by Crippen LogP contribution is 2.05. The topological polar surface area (TPSA) is 63.8 Å². The second-order valence-corrected chi connectivity index (χ2v) is 3.99. The van der Waals surface area contributed by atoms with Crippen molar-refractivity contribution in [2.75, 3.05) is 11.9 Å². The molecule has 1 heterocycles. The number of aryl methyl sites for hydroxylation is 2. The fourth-order valence-corrected chi connectivity index (χ4v) is 1.45. The predicted molar refractivity (Wildman–Crippen MR) is 62.9 cm³/mol. The van der Waals surface area contributed by atoms with Crippen LogP contribution in [-0.2, 0) is 0 Å². The van der Waals surface area contributed by atoms with E-state index >= 15 is 0 Å². The molecule has 15 heavy (non-hydrogen) atoms. The lowest BCUT2D eigenvalue weighted by Crippen LogP contribution is -2.16. The van der Waals surface area contributed by atoms with Gasteiger partial charge in [-0.1, -0.05) is 0 Å². The lowest BCUT2D eigenvalue weighted by molar-refractivity contribution is 0.638. The molecule has 0 bridgehead atoms. The van der Waals surface area contributed by atoms with Crippen LogP contribution in [0.3, 0.4) is 0 Å². The maximum atomic E-state index is 5.67. The predicted octanol–water partition coefficient (Wildman–Crippen LogP) is 1.63. The molecular formula is C11H20N4. The standard InChI is InChI=1S/C11H20N4/c1-8(12)5-4-6-13-11-7-9(2)14-10(3)15-11/h7-8H,4-6,12H2,1-3H3,(H,13,14,15). The first kappa shape index (κ1) is 11.9. The number of anilines is 1. The molecule has 0 aliphatic rings. The van der Waals surface area contributed by atoms with Gasteiger partial charge in [-0.3, -0.25) is 0 Å². The first-order chi connectivity index (χ1) is 7.08. The van der Waals surface area contributed by atoms with E-state index in [0.29, 0.717) is 0 Å². The van der Waals surface area contributed by atoms with Crippen molar-refractivity contribution in [3.63, 3.8) is 0 Å². The molecule has 0 saturated heterocycles. The van der Waals surface area contributed by atoms with Gasteiger partial charge in [0.2, 0.25) is 0 Å². The average molecular weight is 208 g/mol. The number of nitrogens with two attached hydrogens (primary N) is 1. The van der Waals surface area contributed by atoms with Crippen molar-refractivity contribution in [2.24, 2.45) is 5.73 Å². The van der Waals surface area contributed by atoms with Gasteiger partial charge in [0.05, 0.1) is 0 Å². The smallest absolute Gasteiger partial charge is 0.129 e. The van der Waals surface area contributed by atoms with Crippen LogP contribution < -0.4 is 11.1 Å². The van der Waals surface area contributed by atoms with Crippen molar-refractivity contribution in [3.8, 4) is 0 Å². The van der Waals surface area contributed by atoms with Crippen molar-refractivity contribution in [3.05, 3.63) is 17.6 Å². The van der Waals surface area contributed by atoms with Gasteiger partial charge in [0.15, 0.2) is 0 Å². The highest BCUT2D eigenvalue weighted by Gasteiger charge is 1.98. The normalized spacial score (nSPS) is 12.5. The van der Waals surface area contributed by atoms with Crippen molar-refractivity contribution >= 4 is 5.82 Å². The molecule has 0 aliphatic heterocycles. The second-order valence-electron chi connectivity index (χ2n) is 3.99. The zero-order valence-electron chi connectivity index (χ0n) is 9.75. The third-order valence-electron chi connectivity index (χ3n) is 2.11. The van der Waals surface area contributed by atoms with E-state index in [4.69, 9.17) is 5.73 Å². The number of nitrogens with one attached hydrogen (secondary N) is 1. The van der Waals surface area contributed by atoms with Crippen LogP contribution in [0.25, 0.3) is 0 Å². The van der Waals surface area contributed by atoms with Gasteiger partial charge >= 0.3 is 0 Å². The molecule has 1 unspecified atom stereocenters. The van der Waals surface area contributed by atoms with Crippen molar-refractivity contribution in [2.45, 2.75) is 39.7 Å². The molecule has 84 valence electrons. The van der Waals surface area contributed by atoms with E-state index in [-0.39, 0.29) is 6.04 Å². The van der Waals surface area contributed by atoms with E-state index in [1.807, 2.05) is 26.8 Å². The molecule has 4 heteroatoms. The van der Waals surface area contributed by atoms with Crippen LogP contribution in [0.4, 0.5) is 5.82 Å². The largest absolute Gasteiger partial charge is 0.370 e. The summed E-state index contributed by atoms with van der Waals surface area (Å²) < 4.78 is 0. The number of rotatable bonds is 5. The Morgan fingerprint density at radius 1 is 1.40 bits per heavy atom. The van der Waals surface area contributed by atoms with E-state index in [9.17, 15) is 0 Å². The van der Waals surface area contributed by atoms with Crippen LogP contribution in [0.2, 0.25) is 0 Å². The highest BCUT2D eigenvalue weighted by molar-refractivity contribution is 5.35. The van der Waals surface area contributed by atoms with Gasteiger partial charge in [-0.15, -0.1) is 0 Å².